The molecule has 0 saturated carbocycles. The van der Waals surface area contributed by atoms with E-state index in [-0.39, 0.29) is 18.6 Å². The molecule has 0 radical (unpaired) electrons. The van der Waals surface area contributed by atoms with Crippen molar-refractivity contribution in [3.05, 3.63) is 65.9 Å². The number of aryl methyl sites for hydroxylation is 1. The molecule has 4 rings (SSSR count). The van der Waals surface area contributed by atoms with Crippen molar-refractivity contribution in [1.82, 2.24) is 25.1 Å². The van der Waals surface area contributed by atoms with Gasteiger partial charge in [0.2, 0.25) is 5.88 Å². The van der Waals surface area contributed by atoms with E-state index in [1.54, 1.807) is 24.7 Å². The number of hydrogen-bond acceptors (Lipinski definition) is 6. The number of benzene rings is 1. The molecule has 1 atom stereocenters. The van der Waals surface area contributed by atoms with Crippen molar-refractivity contribution < 1.29 is 9.53 Å². The SMILES string of the molecule is Cc1ccc(-n2cnnc2CNC(=O)c2cccnc2O[C@@H]2CCSC2)cc1. The summed E-state index contributed by atoms with van der Waals surface area (Å²) in [6.45, 7) is 2.29. The normalized spacial score (nSPS) is 16.1. The summed E-state index contributed by atoms with van der Waals surface area (Å²) in [6.07, 6.45) is 4.36. The number of aromatic nitrogens is 4. The fraction of sp³-hybridized carbons (Fsp3) is 0.300. The summed E-state index contributed by atoms with van der Waals surface area (Å²) in [5.74, 6) is 2.79. The minimum absolute atomic E-state index is 0.107. The lowest BCUT2D eigenvalue weighted by Crippen LogP contribution is -2.26. The molecule has 8 heteroatoms. The highest BCUT2D eigenvalue weighted by atomic mass is 32.2. The van der Waals surface area contributed by atoms with Crippen molar-refractivity contribution in [2.75, 3.05) is 11.5 Å². The molecule has 2 aromatic heterocycles. The Hall–Kier alpha value is -2.87. The van der Waals surface area contributed by atoms with Gasteiger partial charge >= 0.3 is 0 Å². The maximum atomic E-state index is 12.7. The van der Waals surface area contributed by atoms with Crippen LogP contribution >= 0.6 is 11.8 Å². The van der Waals surface area contributed by atoms with Gasteiger partial charge in [-0.15, -0.1) is 10.2 Å². The molecule has 1 aromatic carbocycles. The van der Waals surface area contributed by atoms with Crippen LogP contribution in [0, 0.1) is 6.92 Å². The molecular weight excluding hydrogens is 374 g/mol. The molecule has 28 heavy (non-hydrogen) atoms. The van der Waals surface area contributed by atoms with Crippen LogP contribution in [0.25, 0.3) is 5.69 Å². The average Bonchev–Trinajstić information content (AvgIpc) is 3.39. The standard InChI is InChI=1S/C20H21N5O2S/c1-14-4-6-15(7-5-14)25-13-23-24-18(25)11-22-19(26)17-3-2-9-21-20(17)27-16-8-10-28-12-16/h2-7,9,13,16H,8,10-12H2,1H3,(H,22,26)/t16-/m1/s1. The van der Waals surface area contributed by atoms with Crippen molar-refractivity contribution in [3.8, 4) is 11.6 Å². The lowest BCUT2D eigenvalue weighted by Gasteiger charge is -2.14. The first-order valence-corrected chi connectivity index (χ1v) is 10.3. The molecule has 144 valence electrons. The van der Waals surface area contributed by atoms with Gasteiger partial charge in [0.25, 0.3) is 5.91 Å². The summed E-state index contributed by atoms with van der Waals surface area (Å²) in [5, 5.41) is 11.0. The van der Waals surface area contributed by atoms with E-state index in [1.165, 1.54) is 5.56 Å². The summed E-state index contributed by atoms with van der Waals surface area (Å²) in [5.41, 5.74) is 2.56. The Kier molecular flexibility index (Phi) is 5.57. The van der Waals surface area contributed by atoms with E-state index in [1.807, 2.05) is 47.5 Å². The second kappa shape index (κ2) is 8.43. The van der Waals surface area contributed by atoms with Gasteiger partial charge in [0.05, 0.1) is 6.54 Å². The van der Waals surface area contributed by atoms with Crippen molar-refractivity contribution in [3.63, 3.8) is 0 Å². The van der Waals surface area contributed by atoms with E-state index in [9.17, 15) is 4.79 Å². The highest BCUT2D eigenvalue weighted by Crippen LogP contribution is 2.24. The van der Waals surface area contributed by atoms with Gasteiger partial charge in [-0.3, -0.25) is 9.36 Å². The predicted octanol–water partition coefficient (Wildman–Crippen LogP) is 2.79. The molecule has 1 amide bonds. The van der Waals surface area contributed by atoms with Crippen molar-refractivity contribution >= 4 is 17.7 Å². The van der Waals surface area contributed by atoms with Crippen LogP contribution in [-0.2, 0) is 6.54 Å². The van der Waals surface area contributed by atoms with Crippen LogP contribution < -0.4 is 10.1 Å². The van der Waals surface area contributed by atoms with E-state index in [0.717, 1.165) is 23.6 Å². The van der Waals surface area contributed by atoms with Gasteiger partial charge in [-0.25, -0.2) is 4.98 Å². The van der Waals surface area contributed by atoms with Gasteiger partial charge in [0.1, 0.15) is 18.0 Å². The van der Waals surface area contributed by atoms with E-state index < -0.39 is 0 Å². The lowest BCUT2D eigenvalue weighted by atomic mass is 10.2. The number of thioether (sulfide) groups is 1. The molecule has 0 spiro atoms. The van der Waals surface area contributed by atoms with Gasteiger partial charge in [-0.2, -0.15) is 11.8 Å². The molecule has 1 fully saturated rings. The minimum Gasteiger partial charge on any atom is -0.473 e. The second-order valence-electron chi connectivity index (χ2n) is 6.59. The van der Waals surface area contributed by atoms with Crippen LogP contribution in [0.1, 0.15) is 28.2 Å². The van der Waals surface area contributed by atoms with Crippen molar-refractivity contribution in [1.29, 1.82) is 0 Å². The number of pyridine rings is 1. The molecular formula is C20H21N5O2S. The Labute approximate surface area is 167 Å². The quantitative estimate of drug-likeness (QED) is 0.691. The van der Waals surface area contributed by atoms with Gasteiger partial charge in [-0.1, -0.05) is 17.7 Å². The summed E-state index contributed by atoms with van der Waals surface area (Å²) in [6, 6.07) is 11.5. The summed E-state index contributed by atoms with van der Waals surface area (Å²) in [7, 11) is 0. The number of carbonyl (C=O) groups excluding carboxylic acids is 1. The molecule has 3 aromatic rings. The zero-order chi connectivity index (χ0) is 19.3. The van der Waals surface area contributed by atoms with Gasteiger partial charge in [0.15, 0.2) is 5.82 Å². The topological polar surface area (TPSA) is 81.9 Å². The van der Waals surface area contributed by atoms with E-state index in [0.29, 0.717) is 17.3 Å². The maximum Gasteiger partial charge on any atom is 0.257 e. The highest BCUT2D eigenvalue weighted by Gasteiger charge is 2.21. The van der Waals surface area contributed by atoms with Crippen LogP contribution in [0.15, 0.2) is 48.9 Å². The Morgan fingerprint density at radius 2 is 2.18 bits per heavy atom. The fourth-order valence-corrected chi connectivity index (χ4v) is 4.07. The predicted molar refractivity (Wildman–Crippen MR) is 108 cm³/mol. The van der Waals surface area contributed by atoms with Gasteiger partial charge in [0, 0.05) is 17.6 Å². The average molecular weight is 395 g/mol. The fourth-order valence-electron chi connectivity index (χ4n) is 2.98. The number of nitrogens with one attached hydrogen (secondary N) is 1. The van der Waals surface area contributed by atoms with E-state index >= 15 is 0 Å². The smallest absolute Gasteiger partial charge is 0.257 e. The number of hydrogen-bond donors (Lipinski definition) is 1. The maximum absolute atomic E-state index is 12.7. The molecule has 0 bridgehead atoms. The molecule has 7 nitrogen and oxygen atoms in total. The number of nitrogens with zero attached hydrogens (tertiary/aromatic N) is 4. The number of rotatable bonds is 6. The Balaban J connectivity index is 1.46. The van der Waals surface area contributed by atoms with Crippen LogP contribution in [0.5, 0.6) is 5.88 Å². The zero-order valence-electron chi connectivity index (χ0n) is 15.5. The Bertz CT molecular complexity index is 951. The zero-order valence-corrected chi connectivity index (χ0v) is 16.4. The number of carbonyl (C=O) groups is 1. The van der Waals surface area contributed by atoms with Crippen LogP contribution in [0.3, 0.4) is 0 Å². The molecule has 1 aliphatic heterocycles. The third-order valence-electron chi connectivity index (χ3n) is 4.52. The van der Waals surface area contributed by atoms with Gasteiger partial charge in [-0.05, 0) is 43.4 Å². The Morgan fingerprint density at radius 1 is 1.32 bits per heavy atom. The molecule has 1 saturated heterocycles. The van der Waals surface area contributed by atoms with Gasteiger partial charge < -0.3 is 10.1 Å². The van der Waals surface area contributed by atoms with Crippen LogP contribution in [0.4, 0.5) is 0 Å². The largest absolute Gasteiger partial charge is 0.473 e. The molecule has 3 heterocycles. The minimum atomic E-state index is -0.243. The lowest BCUT2D eigenvalue weighted by molar-refractivity contribution is 0.0942. The first-order valence-electron chi connectivity index (χ1n) is 9.14. The number of amides is 1. The first kappa shape index (κ1) is 18.5. The highest BCUT2D eigenvalue weighted by molar-refractivity contribution is 7.99. The summed E-state index contributed by atoms with van der Waals surface area (Å²) >= 11 is 1.85. The molecule has 1 N–H and O–H groups in total. The molecule has 0 unspecified atom stereocenters. The molecule has 1 aliphatic rings. The van der Waals surface area contributed by atoms with E-state index in [4.69, 9.17) is 4.74 Å². The summed E-state index contributed by atoms with van der Waals surface area (Å²) in [4.78, 5) is 17.0. The van der Waals surface area contributed by atoms with E-state index in [2.05, 4.69) is 20.5 Å². The van der Waals surface area contributed by atoms with Crippen molar-refractivity contribution in [2.24, 2.45) is 0 Å². The van der Waals surface area contributed by atoms with Crippen LogP contribution in [-0.4, -0.2) is 43.3 Å². The van der Waals surface area contributed by atoms with Crippen molar-refractivity contribution in [2.45, 2.75) is 26.0 Å². The van der Waals surface area contributed by atoms with Crippen LogP contribution in [0.2, 0.25) is 0 Å². The third kappa shape index (κ3) is 4.17. The molecule has 0 aliphatic carbocycles. The first-order chi connectivity index (χ1) is 13.7. The third-order valence-corrected chi connectivity index (χ3v) is 5.65. The second-order valence-corrected chi connectivity index (χ2v) is 7.74. The summed E-state index contributed by atoms with van der Waals surface area (Å²) < 4.78 is 7.80. The Morgan fingerprint density at radius 3 is 2.96 bits per heavy atom. The number of ether oxygens (including phenoxy) is 1. The monoisotopic (exact) mass is 395 g/mol.